The highest BCUT2D eigenvalue weighted by Gasteiger charge is 2.29. The molecule has 0 atom stereocenters. The van der Waals surface area contributed by atoms with Gasteiger partial charge in [-0.25, -0.2) is 22.0 Å². The van der Waals surface area contributed by atoms with Crippen molar-refractivity contribution in [3.05, 3.63) is 40.5 Å². The van der Waals surface area contributed by atoms with Crippen LogP contribution in [-0.2, 0) is 6.54 Å². The van der Waals surface area contributed by atoms with E-state index in [1.165, 1.54) is 0 Å². The lowest BCUT2D eigenvalue weighted by Gasteiger charge is -2.07. The van der Waals surface area contributed by atoms with Gasteiger partial charge in [0.05, 0.1) is 6.54 Å². The molecule has 0 radical (unpaired) electrons. The van der Waals surface area contributed by atoms with E-state index in [1.807, 2.05) is 5.32 Å². The Kier molecular flexibility index (Phi) is 3.59. The SMILES string of the molecule is O=C(NCc1nn[nH]n1)c1c(F)c(F)c(F)c(F)c1F. The van der Waals surface area contributed by atoms with Crippen LogP contribution in [0.3, 0.4) is 0 Å². The highest BCUT2D eigenvalue weighted by atomic mass is 19.2. The molecule has 1 aromatic heterocycles. The lowest BCUT2D eigenvalue weighted by Crippen LogP contribution is -2.27. The number of nitrogens with one attached hydrogen (secondary N) is 2. The van der Waals surface area contributed by atoms with Gasteiger partial charge in [-0.3, -0.25) is 4.79 Å². The second-order valence-electron chi connectivity index (χ2n) is 3.46. The van der Waals surface area contributed by atoms with Gasteiger partial charge in [-0.05, 0) is 0 Å². The lowest BCUT2D eigenvalue weighted by molar-refractivity contribution is 0.0938. The molecule has 106 valence electrons. The van der Waals surface area contributed by atoms with Gasteiger partial charge < -0.3 is 5.32 Å². The Morgan fingerprint density at radius 2 is 1.55 bits per heavy atom. The highest BCUT2D eigenvalue weighted by molar-refractivity contribution is 5.94. The summed E-state index contributed by atoms with van der Waals surface area (Å²) in [6, 6.07) is 0. The van der Waals surface area contributed by atoms with E-state index in [9.17, 15) is 26.7 Å². The molecule has 0 spiro atoms. The van der Waals surface area contributed by atoms with Crippen molar-refractivity contribution in [3.8, 4) is 0 Å². The number of amides is 1. The van der Waals surface area contributed by atoms with Crippen LogP contribution < -0.4 is 5.32 Å². The maximum absolute atomic E-state index is 13.3. The summed E-state index contributed by atoms with van der Waals surface area (Å²) in [4.78, 5) is 11.5. The first-order valence-electron chi connectivity index (χ1n) is 4.95. The molecule has 11 heteroatoms. The molecule has 0 aliphatic carbocycles. The minimum atomic E-state index is -2.34. The number of carbonyl (C=O) groups is 1. The molecule has 1 amide bonds. The van der Waals surface area contributed by atoms with Gasteiger partial charge in [-0.2, -0.15) is 5.21 Å². The standard InChI is InChI=1S/C9H4F5N5O/c10-4-3(5(11)7(13)8(14)6(4)12)9(20)15-1-2-16-18-19-17-2/h1H2,(H,15,20)(H,16,17,18,19). The predicted molar refractivity (Wildman–Crippen MR) is 51.6 cm³/mol. The van der Waals surface area contributed by atoms with Gasteiger partial charge in [0.2, 0.25) is 5.82 Å². The molecule has 20 heavy (non-hydrogen) atoms. The number of nitrogens with zero attached hydrogens (tertiary/aromatic N) is 3. The number of halogens is 5. The maximum atomic E-state index is 13.3. The largest absolute Gasteiger partial charge is 0.344 e. The lowest BCUT2D eigenvalue weighted by atomic mass is 10.1. The zero-order chi connectivity index (χ0) is 14.9. The van der Waals surface area contributed by atoms with E-state index >= 15 is 0 Å². The average molecular weight is 293 g/mol. The van der Waals surface area contributed by atoms with Crippen molar-refractivity contribution in [2.45, 2.75) is 6.54 Å². The van der Waals surface area contributed by atoms with Crippen molar-refractivity contribution in [1.29, 1.82) is 0 Å². The van der Waals surface area contributed by atoms with Gasteiger partial charge in [-0.15, -0.1) is 10.2 Å². The van der Waals surface area contributed by atoms with Crippen molar-refractivity contribution in [3.63, 3.8) is 0 Å². The molecule has 0 unspecified atom stereocenters. The molecular weight excluding hydrogens is 289 g/mol. The fourth-order valence-corrected chi connectivity index (χ4v) is 1.31. The van der Waals surface area contributed by atoms with Crippen LogP contribution in [0.4, 0.5) is 22.0 Å². The fourth-order valence-electron chi connectivity index (χ4n) is 1.31. The molecule has 0 saturated heterocycles. The Morgan fingerprint density at radius 1 is 1.00 bits per heavy atom. The fraction of sp³-hybridized carbons (Fsp3) is 0.111. The Hall–Kier alpha value is -2.59. The van der Waals surface area contributed by atoms with Gasteiger partial charge in [0, 0.05) is 0 Å². The van der Waals surface area contributed by atoms with Crippen LogP contribution in [0.15, 0.2) is 0 Å². The number of rotatable bonds is 3. The maximum Gasteiger partial charge on any atom is 0.257 e. The molecule has 0 bridgehead atoms. The third-order valence-electron chi connectivity index (χ3n) is 2.23. The summed E-state index contributed by atoms with van der Waals surface area (Å²) in [6.07, 6.45) is 0. The molecule has 1 heterocycles. The smallest absolute Gasteiger partial charge is 0.257 e. The highest BCUT2D eigenvalue weighted by Crippen LogP contribution is 2.22. The molecular formula is C9H4F5N5O. The van der Waals surface area contributed by atoms with Crippen LogP contribution in [-0.4, -0.2) is 26.5 Å². The predicted octanol–water partition coefficient (Wildman–Crippen LogP) is 0.825. The Morgan fingerprint density at radius 3 is 2.05 bits per heavy atom. The van der Waals surface area contributed by atoms with Crippen molar-refractivity contribution >= 4 is 5.91 Å². The van der Waals surface area contributed by atoms with Gasteiger partial charge in [0.25, 0.3) is 5.91 Å². The second kappa shape index (κ2) is 5.19. The summed E-state index contributed by atoms with van der Waals surface area (Å²) in [7, 11) is 0. The summed E-state index contributed by atoms with van der Waals surface area (Å²) in [5.41, 5.74) is -1.58. The quantitative estimate of drug-likeness (QED) is 0.498. The number of hydrogen-bond donors (Lipinski definition) is 2. The summed E-state index contributed by atoms with van der Waals surface area (Å²) in [6.45, 7) is -0.408. The number of H-pyrrole nitrogens is 1. The Balaban J connectivity index is 2.30. The van der Waals surface area contributed by atoms with Crippen molar-refractivity contribution < 1.29 is 26.7 Å². The van der Waals surface area contributed by atoms with E-state index in [-0.39, 0.29) is 5.82 Å². The van der Waals surface area contributed by atoms with E-state index in [4.69, 9.17) is 0 Å². The third kappa shape index (κ3) is 2.29. The number of benzene rings is 1. The molecule has 0 fully saturated rings. The van der Waals surface area contributed by atoms with Crippen LogP contribution in [0, 0.1) is 29.1 Å². The first-order chi connectivity index (χ1) is 9.43. The summed E-state index contributed by atoms with van der Waals surface area (Å²) in [5, 5.41) is 13.9. The monoisotopic (exact) mass is 293 g/mol. The number of aromatic nitrogens is 4. The summed E-state index contributed by atoms with van der Waals surface area (Å²) >= 11 is 0. The minimum Gasteiger partial charge on any atom is -0.344 e. The molecule has 2 rings (SSSR count). The topological polar surface area (TPSA) is 83.6 Å². The van der Waals surface area contributed by atoms with E-state index in [2.05, 4.69) is 20.6 Å². The number of hydrogen-bond acceptors (Lipinski definition) is 4. The van der Waals surface area contributed by atoms with Crippen LogP contribution in [0.2, 0.25) is 0 Å². The van der Waals surface area contributed by atoms with Crippen LogP contribution in [0.5, 0.6) is 0 Å². The number of tetrazole rings is 1. The van der Waals surface area contributed by atoms with Gasteiger partial charge in [0.1, 0.15) is 5.56 Å². The molecule has 6 nitrogen and oxygen atoms in total. The van der Waals surface area contributed by atoms with E-state index in [0.717, 1.165) is 0 Å². The molecule has 0 aliphatic rings. The normalized spacial score (nSPS) is 10.7. The summed E-state index contributed by atoms with van der Waals surface area (Å²) in [5.74, 6) is -12.7. The van der Waals surface area contributed by atoms with E-state index in [0.29, 0.717) is 0 Å². The van der Waals surface area contributed by atoms with Crippen molar-refractivity contribution in [1.82, 2.24) is 25.9 Å². The Labute approximate surface area is 107 Å². The van der Waals surface area contributed by atoms with Gasteiger partial charge in [-0.1, -0.05) is 5.21 Å². The zero-order valence-corrected chi connectivity index (χ0v) is 9.35. The molecule has 1 aromatic carbocycles. The van der Waals surface area contributed by atoms with Crippen molar-refractivity contribution in [2.75, 3.05) is 0 Å². The summed E-state index contributed by atoms with van der Waals surface area (Å²) < 4.78 is 65.1. The number of carbonyl (C=O) groups excluding carboxylic acids is 1. The average Bonchev–Trinajstić information content (AvgIpc) is 2.94. The first kappa shape index (κ1) is 13.8. The molecule has 0 saturated carbocycles. The van der Waals surface area contributed by atoms with Crippen LogP contribution >= 0.6 is 0 Å². The van der Waals surface area contributed by atoms with Crippen LogP contribution in [0.1, 0.15) is 16.2 Å². The molecule has 2 N–H and O–H groups in total. The third-order valence-corrected chi connectivity index (χ3v) is 2.23. The van der Waals surface area contributed by atoms with E-state index in [1.54, 1.807) is 0 Å². The first-order valence-corrected chi connectivity index (χ1v) is 4.95. The van der Waals surface area contributed by atoms with Gasteiger partial charge >= 0.3 is 0 Å². The Bertz CT molecular complexity index is 630. The van der Waals surface area contributed by atoms with Crippen LogP contribution in [0.25, 0.3) is 0 Å². The van der Waals surface area contributed by atoms with Gasteiger partial charge in [0.15, 0.2) is 29.1 Å². The minimum absolute atomic E-state index is 0.0396. The van der Waals surface area contributed by atoms with Crippen molar-refractivity contribution in [2.24, 2.45) is 0 Å². The molecule has 2 aromatic rings. The molecule has 0 aliphatic heterocycles. The number of aromatic amines is 1. The zero-order valence-electron chi connectivity index (χ0n) is 9.35. The second-order valence-corrected chi connectivity index (χ2v) is 3.46. The van der Waals surface area contributed by atoms with E-state index < -0.39 is 47.1 Å².